The first kappa shape index (κ1) is 13.7. The summed E-state index contributed by atoms with van der Waals surface area (Å²) in [5.74, 6) is -0.00900. The average Bonchev–Trinajstić information content (AvgIpc) is 2.38. The van der Waals surface area contributed by atoms with E-state index in [2.05, 4.69) is 5.32 Å². The van der Waals surface area contributed by atoms with Crippen LogP contribution in [0.15, 0.2) is 30.3 Å². The van der Waals surface area contributed by atoms with Crippen molar-refractivity contribution in [3.63, 3.8) is 0 Å². The van der Waals surface area contributed by atoms with Gasteiger partial charge in [-0.2, -0.15) is 0 Å². The second kappa shape index (κ2) is 7.85. The molecule has 3 heteroatoms. The van der Waals surface area contributed by atoms with Crippen LogP contribution in [0.25, 0.3) is 0 Å². The number of ether oxygens (including phenoxy) is 1. The normalized spacial score (nSPS) is 12.1. The maximum absolute atomic E-state index is 11.7. The largest absolute Gasteiger partial charge is 0.364 e. The first-order valence-corrected chi connectivity index (χ1v) is 6.21. The van der Waals surface area contributed by atoms with Gasteiger partial charge in [-0.15, -0.1) is 0 Å². The Labute approximate surface area is 103 Å². The van der Waals surface area contributed by atoms with Gasteiger partial charge in [0.2, 0.25) is 5.91 Å². The highest BCUT2D eigenvalue weighted by molar-refractivity contribution is 5.80. The fourth-order valence-electron chi connectivity index (χ4n) is 1.51. The topological polar surface area (TPSA) is 38.3 Å². The smallest absolute Gasteiger partial charge is 0.249 e. The second-order valence-corrected chi connectivity index (χ2v) is 3.98. The van der Waals surface area contributed by atoms with Crippen molar-refractivity contribution in [2.45, 2.75) is 39.4 Å². The summed E-state index contributed by atoms with van der Waals surface area (Å²) in [4.78, 5) is 11.7. The molecule has 1 aromatic rings. The fourth-order valence-corrected chi connectivity index (χ4v) is 1.51. The molecule has 0 fully saturated rings. The van der Waals surface area contributed by atoms with Crippen molar-refractivity contribution in [2.75, 3.05) is 6.54 Å². The van der Waals surface area contributed by atoms with Crippen molar-refractivity contribution in [1.29, 1.82) is 0 Å². The summed E-state index contributed by atoms with van der Waals surface area (Å²) in [6, 6.07) is 9.90. The quantitative estimate of drug-likeness (QED) is 0.788. The molecule has 1 amide bonds. The molecule has 0 spiro atoms. The minimum Gasteiger partial charge on any atom is -0.364 e. The van der Waals surface area contributed by atoms with E-state index in [4.69, 9.17) is 4.74 Å². The van der Waals surface area contributed by atoms with Gasteiger partial charge in [-0.05, 0) is 18.4 Å². The van der Waals surface area contributed by atoms with Crippen LogP contribution < -0.4 is 5.32 Å². The van der Waals surface area contributed by atoms with Crippen molar-refractivity contribution in [3.8, 4) is 0 Å². The Hall–Kier alpha value is -1.35. The molecule has 0 radical (unpaired) electrons. The highest BCUT2D eigenvalue weighted by Gasteiger charge is 2.15. The first-order valence-electron chi connectivity index (χ1n) is 6.21. The minimum absolute atomic E-state index is 0.00900. The molecule has 1 unspecified atom stereocenters. The Kier molecular flexibility index (Phi) is 6.33. The van der Waals surface area contributed by atoms with Crippen molar-refractivity contribution >= 4 is 5.91 Å². The van der Waals surface area contributed by atoms with Crippen LogP contribution in [0.4, 0.5) is 0 Å². The molecular weight excluding hydrogens is 214 g/mol. The summed E-state index contributed by atoms with van der Waals surface area (Å²) < 4.78 is 5.62. The summed E-state index contributed by atoms with van der Waals surface area (Å²) in [6.07, 6.45) is 1.30. The van der Waals surface area contributed by atoms with E-state index in [0.717, 1.165) is 12.0 Å². The molecule has 17 heavy (non-hydrogen) atoms. The lowest BCUT2D eigenvalue weighted by molar-refractivity contribution is -0.133. The lowest BCUT2D eigenvalue weighted by Crippen LogP contribution is -2.36. The Morgan fingerprint density at radius 1 is 1.29 bits per heavy atom. The lowest BCUT2D eigenvalue weighted by Gasteiger charge is -2.15. The molecule has 94 valence electrons. The molecule has 3 nitrogen and oxygen atoms in total. The predicted octanol–water partition coefficient (Wildman–Crippen LogP) is 2.51. The number of rotatable bonds is 7. The van der Waals surface area contributed by atoms with E-state index < -0.39 is 0 Å². The monoisotopic (exact) mass is 235 g/mol. The number of benzene rings is 1. The third-order valence-corrected chi connectivity index (χ3v) is 2.51. The summed E-state index contributed by atoms with van der Waals surface area (Å²) in [5.41, 5.74) is 1.09. The summed E-state index contributed by atoms with van der Waals surface area (Å²) in [5, 5.41) is 2.86. The van der Waals surface area contributed by atoms with Gasteiger partial charge in [0.25, 0.3) is 0 Å². The third kappa shape index (κ3) is 5.00. The van der Waals surface area contributed by atoms with Crippen molar-refractivity contribution in [2.24, 2.45) is 0 Å². The highest BCUT2D eigenvalue weighted by atomic mass is 16.5. The van der Waals surface area contributed by atoms with Crippen LogP contribution >= 0.6 is 0 Å². The Bertz CT molecular complexity index is 324. The van der Waals surface area contributed by atoms with E-state index in [9.17, 15) is 4.79 Å². The van der Waals surface area contributed by atoms with Gasteiger partial charge in [0.1, 0.15) is 6.10 Å². The average molecular weight is 235 g/mol. The van der Waals surface area contributed by atoms with E-state index in [0.29, 0.717) is 19.6 Å². The molecule has 0 saturated heterocycles. The number of hydrogen-bond acceptors (Lipinski definition) is 2. The van der Waals surface area contributed by atoms with Gasteiger partial charge < -0.3 is 10.1 Å². The zero-order valence-electron chi connectivity index (χ0n) is 10.6. The van der Waals surface area contributed by atoms with Gasteiger partial charge in [-0.25, -0.2) is 0 Å². The number of hydrogen-bond donors (Lipinski definition) is 1. The third-order valence-electron chi connectivity index (χ3n) is 2.51. The highest BCUT2D eigenvalue weighted by Crippen LogP contribution is 2.06. The molecule has 0 aromatic heterocycles. The van der Waals surface area contributed by atoms with Crippen LogP contribution in [0.1, 0.15) is 32.3 Å². The Morgan fingerprint density at radius 3 is 2.59 bits per heavy atom. The van der Waals surface area contributed by atoms with Crippen LogP contribution in [0, 0.1) is 0 Å². The van der Waals surface area contributed by atoms with E-state index in [-0.39, 0.29) is 12.0 Å². The van der Waals surface area contributed by atoms with Crippen LogP contribution in [-0.2, 0) is 16.1 Å². The van der Waals surface area contributed by atoms with Crippen molar-refractivity contribution in [1.82, 2.24) is 5.32 Å². The number of nitrogens with one attached hydrogen (secondary N) is 1. The molecule has 0 aliphatic carbocycles. The van der Waals surface area contributed by atoms with Crippen LogP contribution in [0.2, 0.25) is 0 Å². The summed E-state index contributed by atoms with van der Waals surface area (Å²) in [6.45, 7) is 5.19. The molecule has 0 aliphatic heterocycles. The van der Waals surface area contributed by atoms with Crippen LogP contribution in [-0.4, -0.2) is 18.6 Å². The molecule has 0 bridgehead atoms. The van der Waals surface area contributed by atoms with Crippen LogP contribution in [0.5, 0.6) is 0 Å². The lowest BCUT2D eigenvalue weighted by atomic mass is 10.2. The van der Waals surface area contributed by atoms with Crippen molar-refractivity contribution < 1.29 is 9.53 Å². The molecule has 1 aromatic carbocycles. The van der Waals surface area contributed by atoms with Gasteiger partial charge >= 0.3 is 0 Å². The Morgan fingerprint density at radius 2 is 2.00 bits per heavy atom. The van der Waals surface area contributed by atoms with Gasteiger partial charge in [-0.3, -0.25) is 4.79 Å². The molecule has 0 aliphatic rings. The zero-order chi connectivity index (χ0) is 12.5. The molecule has 0 saturated carbocycles. The fraction of sp³-hybridized carbons (Fsp3) is 0.500. The van der Waals surface area contributed by atoms with Crippen LogP contribution in [0.3, 0.4) is 0 Å². The molecule has 0 heterocycles. The maximum atomic E-state index is 11.7. The van der Waals surface area contributed by atoms with E-state index in [1.807, 2.05) is 44.2 Å². The summed E-state index contributed by atoms with van der Waals surface area (Å²) >= 11 is 0. The van der Waals surface area contributed by atoms with Gasteiger partial charge in [0, 0.05) is 6.54 Å². The van der Waals surface area contributed by atoms with Gasteiger partial charge in [0.05, 0.1) is 6.61 Å². The number of carbonyl (C=O) groups is 1. The zero-order valence-corrected chi connectivity index (χ0v) is 10.6. The Balaban J connectivity index is 2.39. The first-order chi connectivity index (χ1) is 8.27. The number of amides is 1. The van der Waals surface area contributed by atoms with Crippen molar-refractivity contribution in [3.05, 3.63) is 35.9 Å². The standard InChI is InChI=1S/C14H21NO2/c1-3-10-15-14(16)13(4-2)17-11-12-8-6-5-7-9-12/h5-9,13H,3-4,10-11H2,1-2H3,(H,15,16). The molecule has 1 rings (SSSR count). The van der Waals surface area contributed by atoms with E-state index in [1.165, 1.54) is 0 Å². The molecule has 1 atom stereocenters. The molecule has 1 N–H and O–H groups in total. The predicted molar refractivity (Wildman–Crippen MR) is 68.6 cm³/mol. The van der Waals surface area contributed by atoms with E-state index in [1.54, 1.807) is 0 Å². The minimum atomic E-state index is -0.346. The SMILES string of the molecule is CCCNC(=O)C(CC)OCc1ccccc1. The van der Waals surface area contributed by atoms with Gasteiger partial charge in [0.15, 0.2) is 0 Å². The maximum Gasteiger partial charge on any atom is 0.249 e. The molecular formula is C14H21NO2. The second-order valence-electron chi connectivity index (χ2n) is 3.98. The van der Waals surface area contributed by atoms with E-state index >= 15 is 0 Å². The van der Waals surface area contributed by atoms with Gasteiger partial charge in [-0.1, -0.05) is 44.2 Å². The number of carbonyl (C=O) groups excluding carboxylic acids is 1. The summed E-state index contributed by atoms with van der Waals surface area (Å²) in [7, 11) is 0.